The van der Waals surface area contributed by atoms with E-state index in [0.717, 1.165) is 18.0 Å². The number of hydrazine groups is 1. The van der Waals surface area contributed by atoms with Crippen LogP contribution in [0.25, 0.3) is 16.8 Å². The Hall–Kier alpha value is -3.82. The van der Waals surface area contributed by atoms with Gasteiger partial charge in [0.2, 0.25) is 0 Å². The maximum atomic E-state index is 5.35. The standard InChI is InChI=1S/C29H26N2O/c1-32-27-18-16-26(17-19-27)29-20-28(30-31(29)21-22-8-4-2-5-9-22)25-14-12-24(13-15-25)23-10-6-3-7-11-23/h2-20,29-30H,21H2,1H3/t29-/m0/s1. The maximum Gasteiger partial charge on any atom is 0.118 e. The largest absolute Gasteiger partial charge is 0.497 e. The van der Waals surface area contributed by atoms with Crippen LogP contribution >= 0.6 is 0 Å². The van der Waals surface area contributed by atoms with Crippen LogP contribution < -0.4 is 10.2 Å². The molecule has 0 saturated carbocycles. The molecule has 0 radical (unpaired) electrons. The van der Waals surface area contributed by atoms with Gasteiger partial charge in [-0.15, -0.1) is 0 Å². The third-order valence-corrected chi connectivity index (χ3v) is 5.88. The van der Waals surface area contributed by atoms with Crippen LogP contribution in [0.3, 0.4) is 0 Å². The van der Waals surface area contributed by atoms with Gasteiger partial charge in [-0.3, -0.25) is 0 Å². The van der Waals surface area contributed by atoms with Crippen molar-refractivity contribution in [2.75, 3.05) is 7.11 Å². The number of rotatable bonds is 6. The predicted molar refractivity (Wildman–Crippen MR) is 131 cm³/mol. The minimum atomic E-state index is 0.130. The van der Waals surface area contributed by atoms with Crippen LogP contribution in [0.15, 0.2) is 115 Å². The molecule has 0 unspecified atom stereocenters. The maximum absolute atomic E-state index is 5.35. The van der Waals surface area contributed by atoms with Crippen LogP contribution in [-0.4, -0.2) is 12.1 Å². The zero-order valence-electron chi connectivity index (χ0n) is 18.1. The highest BCUT2D eigenvalue weighted by Crippen LogP contribution is 2.33. The molecule has 0 bridgehead atoms. The lowest BCUT2D eigenvalue weighted by Gasteiger charge is -2.25. The highest BCUT2D eigenvalue weighted by Gasteiger charge is 2.26. The van der Waals surface area contributed by atoms with Crippen molar-refractivity contribution in [3.05, 3.63) is 132 Å². The van der Waals surface area contributed by atoms with Crippen molar-refractivity contribution in [3.63, 3.8) is 0 Å². The van der Waals surface area contributed by atoms with Gasteiger partial charge < -0.3 is 10.2 Å². The van der Waals surface area contributed by atoms with Gasteiger partial charge in [-0.2, -0.15) is 0 Å². The highest BCUT2D eigenvalue weighted by molar-refractivity contribution is 5.71. The second kappa shape index (κ2) is 9.13. The van der Waals surface area contributed by atoms with E-state index in [1.165, 1.54) is 27.8 Å². The van der Waals surface area contributed by atoms with E-state index in [0.29, 0.717) is 0 Å². The van der Waals surface area contributed by atoms with Gasteiger partial charge in [-0.1, -0.05) is 97.1 Å². The van der Waals surface area contributed by atoms with Crippen molar-refractivity contribution in [1.82, 2.24) is 10.4 Å². The van der Waals surface area contributed by atoms with Gasteiger partial charge in [-0.05, 0) is 46.0 Å². The summed E-state index contributed by atoms with van der Waals surface area (Å²) in [5, 5.41) is 2.29. The Kier molecular flexibility index (Phi) is 5.73. The van der Waals surface area contributed by atoms with E-state index >= 15 is 0 Å². The van der Waals surface area contributed by atoms with E-state index in [4.69, 9.17) is 4.74 Å². The van der Waals surface area contributed by atoms with Gasteiger partial charge in [0.15, 0.2) is 0 Å². The first-order chi connectivity index (χ1) is 15.8. The van der Waals surface area contributed by atoms with Gasteiger partial charge in [-0.25, -0.2) is 5.01 Å². The van der Waals surface area contributed by atoms with E-state index in [2.05, 4.69) is 108 Å². The lowest BCUT2D eigenvalue weighted by Crippen LogP contribution is -2.33. The average molecular weight is 419 g/mol. The average Bonchev–Trinajstić information content (AvgIpc) is 3.29. The van der Waals surface area contributed by atoms with Crippen LogP contribution in [0.2, 0.25) is 0 Å². The van der Waals surface area contributed by atoms with E-state index in [9.17, 15) is 0 Å². The molecule has 1 aliphatic heterocycles. The van der Waals surface area contributed by atoms with Crippen LogP contribution in [-0.2, 0) is 6.54 Å². The Morgan fingerprint density at radius 1 is 0.688 bits per heavy atom. The number of hydrogen-bond acceptors (Lipinski definition) is 3. The van der Waals surface area contributed by atoms with Crippen molar-refractivity contribution >= 4 is 5.70 Å². The van der Waals surface area contributed by atoms with E-state index in [1.807, 2.05) is 18.2 Å². The minimum Gasteiger partial charge on any atom is -0.497 e. The summed E-state index contributed by atoms with van der Waals surface area (Å²) in [7, 11) is 1.70. The van der Waals surface area contributed by atoms with Gasteiger partial charge >= 0.3 is 0 Å². The van der Waals surface area contributed by atoms with Gasteiger partial charge in [0.05, 0.1) is 18.8 Å². The fourth-order valence-electron chi connectivity index (χ4n) is 4.14. The Morgan fingerprint density at radius 3 is 1.94 bits per heavy atom. The Balaban J connectivity index is 1.44. The molecule has 1 N–H and O–H groups in total. The monoisotopic (exact) mass is 418 g/mol. The Bertz CT molecular complexity index is 1180. The molecule has 0 saturated heterocycles. The molecule has 3 nitrogen and oxygen atoms in total. The van der Waals surface area contributed by atoms with Crippen molar-refractivity contribution in [1.29, 1.82) is 0 Å². The summed E-state index contributed by atoms with van der Waals surface area (Å²) in [4.78, 5) is 0. The summed E-state index contributed by atoms with van der Waals surface area (Å²) in [6, 6.07) is 38.3. The normalized spacial score (nSPS) is 15.8. The summed E-state index contributed by atoms with van der Waals surface area (Å²) < 4.78 is 5.35. The third kappa shape index (κ3) is 4.29. The second-order valence-corrected chi connectivity index (χ2v) is 7.97. The zero-order chi connectivity index (χ0) is 21.8. The van der Waals surface area contributed by atoms with Crippen molar-refractivity contribution in [2.24, 2.45) is 0 Å². The zero-order valence-corrected chi connectivity index (χ0v) is 18.1. The SMILES string of the molecule is COc1ccc([C@@H]2C=C(c3ccc(-c4ccccc4)cc3)NN2Cc2ccccc2)cc1. The smallest absolute Gasteiger partial charge is 0.118 e. The molecule has 1 aliphatic rings. The first-order valence-electron chi connectivity index (χ1n) is 10.9. The molecule has 4 aromatic rings. The molecule has 3 heteroatoms. The predicted octanol–water partition coefficient (Wildman–Crippen LogP) is 6.46. The quantitative estimate of drug-likeness (QED) is 0.389. The molecule has 0 aliphatic carbocycles. The highest BCUT2D eigenvalue weighted by atomic mass is 16.5. The van der Waals surface area contributed by atoms with Crippen molar-refractivity contribution in [2.45, 2.75) is 12.6 Å². The summed E-state index contributed by atoms with van der Waals surface area (Å²) in [5.41, 5.74) is 10.9. The number of benzene rings is 4. The fourth-order valence-corrected chi connectivity index (χ4v) is 4.14. The van der Waals surface area contributed by atoms with Crippen LogP contribution in [0.5, 0.6) is 5.75 Å². The minimum absolute atomic E-state index is 0.130. The number of methoxy groups -OCH3 is 1. The number of ether oxygens (including phenoxy) is 1. The number of nitrogens with zero attached hydrogens (tertiary/aromatic N) is 1. The van der Waals surface area contributed by atoms with Crippen LogP contribution in [0, 0.1) is 0 Å². The number of hydrogen-bond donors (Lipinski definition) is 1. The van der Waals surface area contributed by atoms with Crippen LogP contribution in [0.4, 0.5) is 0 Å². The van der Waals surface area contributed by atoms with Gasteiger partial charge in [0, 0.05) is 6.54 Å². The molecule has 32 heavy (non-hydrogen) atoms. The third-order valence-electron chi connectivity index (χ3n) is 5.88. The van der Waals surface area contributed by atoms with E-state index < -0.39 is 0 Å². The molecule has 158 valence electrons. The summed E-state index contributed by atoms with van der Waals surface area (Å²) in [6.07, 6.45) is 2.31. The van der Waals surface area contributed by atoms with Crippen LogP contribution in [0.1, 0.15) is 22.7 Å². The molecule has 4 aromatic carbocycles. The molecule has 0 amide bonds. The molecule has 0 fully saturated rings. The van der Waals surface area contributed by atoms with Gasteiger partial charge in [0.25, 0.3) is 0 Å². The molecule has 5 rings (SSSR count). The first kappa shape index (κ1) is 20.1. The lowest BCUT2D eigenvalue weighted by molar-refractivity contribution is 0.196. The topological polar surface area (TPSA) is 24.5 Å². The molecule has 1 heterocycles. The van der Waals surface area contributed by atoms with E-state index in [-0.39, 0.29) is 6.04 Å². The molecule has 1 atom stereocenters. The first-order valence-corrected chi connectivity index (χ1v) is 10.9. The van der Waals surface area contributed by atoms with Crippen molar-refractivity contribution in [3.8, 4) is 16.9 Å². The molecule has 0 spiro atoms. The van der Waals surface area contributed by atoms with E-state index in [1.54, 1.807) is 7.11 Å². The Labute approximate surface area is 189 Å². The van der Waals surface area contributed by atoms with Gasteiger partial charge in [0.1, 0.15) is 5.75 Å². The molecular weight excluding hydrogens is 392 g/mol. The van der Waals surface area contributed by atoms with Crippen molar-refractivity contribution < 1.29 is 4.74 Å². The molecule has 0 aromatic heterocycles. The summed E-state index contributed by atoms with van der Waals surface area (Å²) in [5.74, 6) is 0.870. The second-order valence-electron chi connectivity index (χ2n) is 7.97. The lowest BCUT2D eigenvalue weighted by atomic mass is 10.0. The Morgan fingerprint density at radius 2 is 1.28 bits per heavy atom. The number of nitrogens with one attached hydrogen (secondary N) is 1. The molecular formula is C29H26N2O. The summed E-state index contributed by atoms with van der Waals surface area (Å²) >= 11 is 0. The summed E-state index contributed by atoms with van der Waals surface area (Å²) in [6.45, 7) is 0.805. The fraction of sp³-hybridized carbons (Fsp3) is 0.103.